The average molecular weight is 437 g/mol. The van der Waals surface area contributed by atoms with Gasteiger partial charge in [-0.2, -0.15) is 0 Å². The molecule has 8 nitrogen and oxygen atoms in total. The molecule has 3 rings (SSSR count). The minimum absolute atomic E-state index is 0.0206. The Morgan fingerprint density at radius 2 is 1.59 bits per heavy atom. The summed E-state index contributed by atoms with van der Waals surface area (Å²) in [5.41, 5.74) is 1.14. The molecule has 0 saturated carbocycles. The number of nitrogens with zero attached hydrogens (tertiary/aromatic N) is 4. The van der Waals surface area contributed by atoms with E-state index in [4.69, 9.17) is 11.6 Å². The molecule has 1 aromatic heterocycles. The minimum atomic E-state index is -4.09. The SMILES string of the molecule is CN(C)C(=O)CN(c1ccc(Cl)cc1)S(=O)(=O)c1ccc2c(c1)n(C)c(=O)n2C. The lowest BCUT2D eigenvalue weighted by atomic mass is 10.3. The number of anilines is 1. The number of amides is 1. The number of halogens is 1. The van der Waals surface area contributed by atoms with Gasteiger partial charge in [0.1, 0.15) is 6.54 Å². The molecule has 1 heterocycles. The monoisotopic (exact) mass is 436 g/mol. The largest absolute Gasteiger partial charge is 0.347 e. The summed E-state index contributed by atoms with van der Waals surface area (Å²) in [7, 11) is 2.22. The maximum atomic E-state index is 13.5. The maximum Gasteiger partial charge on any atom is 0.328 e. The summed E-state index contributed by atoms with van der Waals surface area (Å²) in [5.74, 6) is -0.378. The van der Waals surface area contributed by atoms with Crippen molar-refractivity contribution in [2.45, 2.75) is 4.90 Å². The van der Waals surface area contributed by atoms with Crippen LogP contribution in [0.15, 0.2) is 52.2 Å². The van der Waals surface area contributed by atoms with Gasteiger partial charge in [0, 0.05) is 33.2 Å². The fourth-order valence-corrected chi connectivity index (χ4v) is 4.52. The molecule has 29 heavy (non-hydrogen) atoms. The molecule has 0 aliphatic heterocycles. The van der Waals surface area contributed by atoms with Crippen molar-refractivity contribution in [3.05, 3.63) is 58.0 Å². The van der Waals surface area contributed by atoms with Crippen molar-refractivity contribution in [3.8, 4) is 0 Å². The van der Waals surface area contributed by atoms with Gasteiger partial charge in [-0.15, -0.1) is 0 Å². The normalized spacial score (nSPS) is 11.6. The summed E-state index contributed by atoms with van der Waals surface area (Å²) in [5, 5.41) is 0.450. The van der Waals surface area contributed by atoms with Crippen LogP contribution in [0.4, 0.5) is 5.69 Å². The average Bonchev–Trinajstić information content (AvgIpc) is 2.90. The third-order valence-corrected chi connectivity index (χ3v) is 6.75. The van der Waals surface area contributed by atoms with E-state index in [1.165, 1.54) is 26.2 Å². The summed E-state index contributed by atoms with van der Waals surface area (Å²) in [6.07, 6.45) is 0. The van der Waals surface area contributed by atoms with Crippen LogP contribution in [0.5, 0.6) is 0 Å². The molecule has 0 unspecified atom stereocenters. The second kappa shape index (κ2) is 7.57. The lowest BCUT2D eigenvalue weighted by Gasteiger charge is -2.25. The Labute approximate surface area is 173 Å². The molecule has 154 valence electrons. The Morgan fingerprint density at radius 3 is 2.17 bits per heavy atom. The van der Waals surface area contributed by atoms with E-state index in [0.717, 1.165) is 4.31 Å². The number of fused-ring (bicyclic) bond motifs is 1. The Hall–Kier alpha value is -2.78. The summed E-state index contributed by atoms with van der Waals surface area (Å²) < 4.78 is 30.8. The summed E-state index contributed by atoms with van der Waals surface area (Å²) in [6.45, 7) is -0.372. The number of carbonyl (C=O) groups excluding carboxylic acids is 1. The molecule has 0 bridgehead atoms. The number of carbonyl (C=O) groups is 1. The molecular formula is C19H21ClN4O4S. The first-order valence-electron chi connectivity index (χ1n) is 8.68. The van der Waals surface area contributed by atoms with Gasteiger partial charge < -0.3 is 4.90 Å². The van der Waals surface area contributed by atoms with Crippen LogP contribution in [0.3, 0.4) is 0 Å². The number of aryl methyl sites for hydroxylation is 2. The zero-order valence-corrected chi connectivity index (χ0v) is 18.0. The number of hydrogen-bond acceptors (Lipinski definition) is 4. The third-order valence-electron chi connectivity index (χ3n) is 4.72. The van der Waals surface area contributed by atoms with Gasteiger partial charge in [0.15, 0.2) is 0 Å². The van der Waals surface area contributed by atoms with E-state index in [2.05, 4.69) is 0 Å². The van der Waals surface area contributed by atoms with Crippen LogP contribution in [0.1, 0.15) is 0 Å². The molecular weight excluding hydrogens is 416 g/mol. The number of rotatable bonds is 5. The smallest absolute Gasteiger partial charge is 0.328 e. The zero-order valence-electron chi connectivity index (χ0n) is 16.5. The van der Waals surface area contributed by atoms with Gasteiger partial charge in [-0.25, -0.2) is 13.2 Å². The number of aromatic nitrogens is 2. The maximum absolute atomic E-state index is 13.5. The van der Waals surface area contributed by atoms with E-state index in [9.17, 15) is 18.0 Å². The van der Waals surface area contributed by atoms with Crippen molar-refractivity contribution in [3.63, 3.8) is 0 Å². The first kappa shape index (κ1) is 20.9. The molecule has 0 radical (unpaired) electrons. The number of imidazole rings is 1. The van der Waals surface area contributed by atoms with Gasteiger partial charge in [-0.3, -0.25) is 18.2 Å². The Kier molecular flexibility index (Phi) is 5.46. The predicted molar refractivity (Wildman–Crippen MR) is 113 cm³/mol. The van der Waals surface area contributed by atoms with Crippen LogP contribution < -0.4 is 9.99 Å². The van der Waals surface area contributed by atoms with Crippen molar-refractivity contribution in [1.29, 1.82) is 0 Å². The Bertz CT molecular complexity index is 1240. The van der Waals surface area contributed by atoms with E-state index in [1.807, 2.05) is 0 Å². The highest BCUT2D eigenvalue weighted by Gasteiger charge is 2.28. The van der Waals surface area contributed by atoms with E-state index in [-0.39, 0.29) is 23.0 Å². The molecule has 10 heteroatoms. The number of sulfonamides is 1. The standard InChI is InChI=1S/C19H21ClN4O4S/c1-21(2)18(25)12-24(14-7-5-13(20)6-8-14)29(27,28)15-9-10-16-17(11-15)23(4)19(26)22(16)3/h5-11H,12H2,1-4H3. The highest BCUT2D eigenvalue weighted by Crippen LogP contribution is 2.27. The number of likely N-dealkylation sites (N-methyl/N-ethyl adjacent to an activating group) is 1. The fraction of sp³-hybridized carbons (Fsp3) is 0.263. The van der Waals surface area contributed by atoms with Crippen LogP contribution in [0.2, 0.25) is 5.02 Å². The van der Waals surface area contributed by atoms with Crippen LogP contribution in [-0.4, -0.2) is 49.0 Å². The number of hydrogen-bond donors (Lipinski definition) is 0. The van der Waals surface area contributed by atoms with Crippen molar-refractivity contribution >= 4 is 44.3 Å². The zero-order chi connectivity index (χ0) is 21.5. The van der Waals surface area contributed by atoms with E-state index in [1.54, 1.807) is 58.5 Å². The van der Waals surface area contributed by atoms with E-state index < -0.39 is 10.0 Å². The van der Waals surface area contributed by atoms with Gasteiger partial charge in [-0.05, 0) is 42.5 Å². The summed E-state index contributed by atoms with van der Waals surface area (Å²) in [4.78, 5) is 25.8. The topological polar surface area (TPSA) is 84.6 Å². The third kappa shape index (κ3) is 3.75. The van der Waals surface area contributed by atoms with Gasteiger partial charge in [0.25, 0.3) is 10.0 Å². The fourth-order valence-electron chi connectivity index (χ4n) is 2.96. The Balaban J connectivity index is 2.16. The summed E-state index contributed by atoms with van der Waals surface area (Å²) in [6, 6.07) is 10.7. The molecule has 0 atom stereocenters. The van der Waals surface area contributed by atoms with Crippen LogP contribution in [0, 0.1) is 0 Å². The van der Waals surface area contributed by atoms with Crippen molar-refractivity contribution in [2.75, 3.05) is 24.9 Å². The first-order valence-corrected chi connectivity index (χ1v) is 10.5. The summed E-state index contributed by atoms with van der Waals surface area (Å²) >= 11 is 5.93. The van der Waals surface area contributed by atoms with Gasteiger partial charge in [0.2, 0.25) is 5.91 Å². The first-order chi connectivity index (χ1) is 13.5. The van der Waals surface area contributed by atoms with E-state index in [0.29, 0.717) is 21.7 Å². The predicted octanol–water partition coefficient (Wildman–Crippen LogP) is 1.81. The molecule has 0 saturated heterocycles. The second-order valence-electron chi connectivity index (χ2n) is 6.83. The van der Waals surface area contributed by atoms with Crippen molar-refractivity contribution in [1.82, 2.24) is 14.0 Å². The van der Waals surface area contributed by atoms with Gasteiger partial charge in [-0.1, -0.05) is 11.6 Å². The lowest BCUT2D eigenvalue weighted by Crippen LogP contribution is -2.40. The molecule has 0 fully saturated rings. The second-order valence-corrected chi connectivity index (χ2v) is 9.13. The molecule has 1 amide bonds. The minimum Gasteiger partial charge on any atom is -0.347 e. The molecule has 0 aliphatic rings. The van der Waals surface area contributed by atoms with Gasteiger partial charge >= 0.3 is 5.69 Å². The van der Waals surface area contributed by atoms with Gasteiger partial charge in [0.05, 0.1) is 21.6 Å². The van der Waals surface area contributed by atoms with Crippen molar-refractivity contribution < 1.29 is 13.2 Å². The van der Waals surface area contributed by atoms with Crippen molar-refractivity contribution in [2.24, 2.45) is 14.1 Å². The lowest BCUT2D eigenvalue weighted by molar-refractivity contribution is -0.127. The number of benzene rings is 2. The molecule has 0 N–H and O–H groups in total. The quantitative estimate of drug-likeness (QED) is 0.610. The highest BCUT2D eigenvalue weighted by molar-refractivity contribution is 7.92. The van der Waals surface area contributed by atoms with Crippen LogP contribution in [0.25, 0.3) is 11.0 Å². The van der Waals surface area contributed by atoms with Crippen LogP contribution in [-0.2, 0) is 28.9 Å². The molecule has 0 spiro atoms. The van der Waals surface area contributed by atoms with Crippen LogP contribution >= 0.6 is 11.6 Å². The Morgan fingerprint density at radius 1 is 1.00 bits per heavy atom. The highest BCUT2D eigenvalue weighted by atomic mass is 35.5. The molecule has 0 aliphatic carbocycles. The molecule has 3 aromatic rings. The molecule has 2 aromatic carbocycles. The van der Waals surface area contributed by atoms with E-state index >= 15 is 0 Å².